The topological polar surface area (TPSA) is 33.1 Å². The number of hydrogen-bond acceptors (Lipinski definition) is 3. The van der Waals surface area contributed by atoms with Crippen LogP contribution in [0.1, 0.15) is 45.4 Å². The second-order valence-electron chi connectivity index (χ2n) is 5.61. The van der Waals surface area contributed by atoms with Crippen LogP contribution in [-0.4, -0.2) is 40.1 Å². The van der Waals surface area contributed by atoms with Gasteiger partial charge < -0.3 is 9.88 Å². The Balaban J connectivity index is 1.71. The van der Waals surface area contributed by atoms with E-state index in [1.807, 2.05) is 6.20 Å². The van der Waals surface area contributed by atoms with Crippen LogP contribution in [0.4, 0.5) is 0 Å². The Morgan fingerprint density at radius 3 is 2.84 bits per heavy atom. The van der Waals surface area contributed by atoms with E-state index in [0.717, 1.165) is 31.9 Å². The molecule has 0 aliphatic carbocycles. The Labute approximate surface area is 117 Å². The van der Waals surface area contributed by atoms with E-state index in [1.165, 1.54) is 32.4 Å². The van der Waals surface area contributed by atoms with Crippen molar-refractivity contribution >= 4 is 0 Å². The van der Waals surface area contributed by atoms with E-state index in [2.05, 4.69) is 39.8 Å². The maximum absolute atomic E-state index is 4.43. The van der Waals surface area contributed by atoms with E-state index >= 15 is 0 Å². The number of nitrogens with zero attached hydrogens (tertiary/aromatic N) is 3. The fraction of sp³-hybridized carbons (Fsp3) is 0.800. The highest BCUT2D eigenvalue weighted by Gasteiger charge is 2.16. The molecule has 0 radical (unpaired) electrons. The zero-order valence-corrected chi connectivity index (χ0v) is 12.4. The first-order valence-corrected chi connectivity index (χ1v) is 7.76. The van der Waals surface area contributed by atoms with Crippen molar-refractivity contribution in [1.82, 2.24) is 19.8 Å². The number of likely N-dealkylation sites (tertiary alicyclic amines) is 1. The van der Waals surface area contributed by atoms with Gasteiger partial charge in [-0.05, 0) is 39.3 Å². The van der Waals surface area contributed by atoms with Gasteiger partial charge in [-0.15, -0.1) is 0 Å². The average molecular weight is 264 g/mol. The molecule has 1 unspecified atom stereocenters. The van der Waals surface area contributed by atoms with Gasteiger partial charge in [0.15, 0.2) is 0 Å². The molecule has 1 saturated heterocycles. The highest BCUT2D eigenvalue weighted by Crippen LogP contribution is 2.11. The van der Waals surface area contributed by atoms with Gasteiger partial charge in [-0.3, -0.25) is 4.90 Å². The van der Waals surface area contributed by atoms with E-state index in [-0.39, 0.29) is 0 Å². The van der Waals surface area contributed by atoms with Crippen molar-refractivity contribution < 1.29 is 0 Å². The van der Waals surface area contributed by atoms with Gasteiger partial charge in [0.2, 0.25) is 0 Å². The summed E-state index contributed by atoms with van der Waals surface area (Å²) in [5, 5.41) is 3.56. The molecule has 1 aliphatic rings. The Hall–Kier alpha value is -0.870. The van der Waals surface area contributed by atoms with Gasteiger partial charge in [-0.2, -0.15) is 0 Å². The highest BCUT2D eigenvalue weighted by molar-refractivity contribution is 4.92. The molecule has 2 heterocycles. The summed E-state index contributed by atoms with van der Waals surface area (Å²) in [6, 6.07) is 0.634. The Kier molecular flexibility index (Phi) is 5.86. The average Bonchev–Trinajstić information content (AvgIpc) is 2.88. The molecule has 19 heavy (non-hydrogen) atoms. The summed E-state index contributed by atoms with van der Waals surface area (Å²) in [4.78, 5) is 7.04. The van der Waals surface area contributed by atoms with Crippen molar-refractivity contribution in [2.24, 2.45) is 0 Å². The van der Waals surface area contributed by atoms with Crippen LogP contribution in [0.5, 0.6) is 0 Å². The van der Waals surface area contributed by atoms with Gasteiger partial charge >= 0.3 is 0 Å². The first kappa shape index (κ1) is 14.5. The van der Waals surface area contributed by atoms with E-state index in [0.29, 0.717) is 6.04 Å². The molecule has 1 aliphatic heterocycles. The van der Waals surface area contributed by atoms with Gasteiger partial charge in [0, 0.05) is 31.5 Å². The number of piperidine rings is 1. The van der Waals surface area contributed by atoms with Crippen molar-refractivity contribution in [2.45, 2.75) is 58.7 Å². The van der Waals surface area contributed by atoms with Crippen LogP contribution in [0.15, 0.2) is 12.4 Å². The Morgan fingerprint density at radius 2 is 2.11 bits per heavy atom. The molecule has 1 N–H and O–H groups in total. The normalized spacial score (nSPS) is 18.6. The summed E-state index contributed by atoms with van der Waals surface area (Å²) in [6.45, 7) is 10.1. The summed E-state index contributed by atoms with van der Waals surface area (Å²) in [7, 11) is 0. The summed E-state index contributed by atoms with van der Waals surface area (Å²) in [6.07, 6.45) is 9.28. The van der Waals surface area contributed by atoms with Crippen LogP contribution < -0.4 is 5.32 Å². The third kappa shape index (κ3) is 4.32. The van der Waals surface area contributed by atoms with E-state index in [1.54, 1.807) is 0 Å². The number of nitrogens with one attached hydrogen (secondary N) is 1. The molecular formula is C15H28N4. The molecule has 0 bridgehead atoms. The molecular weight excluding hydrogens is 236 g/mol. The number of aryl methyl sites for hydroxylation is 1. The van der Waals surface area contributed by atoms with Crippen molar-refractivity contribution in [3.05, 3.63) is 18.2 Å². The molecule has 108 valence electrons. The predicted molar refractivity (Wildman–Crippen MR) is 79.1 cm³/mol. The highest BCUT2D eigenvalue weighted by atomic mass is 15.2. The molecule has 0 spiro atoms. The van der Waals surface area contributed by atoms with Gasteiger partial charge in [-0.25, -0.2) is 4.98 Å². The van der Waals surface area contributed by atoms with Gasteiger partial charge in [0.05, 0.1) is 6.54 Å². The zero-order chi connectivity index (χ0) is 13.5. The summed E-state index contributed by atoms with van der Waals surface area (Å²) in [5.41, 5.74) is 0. The quantitative estimate of drug-likeness (QED) is 0.820. The van der Waals surface area contributed by atoms with Crippen LogP contribution in [0.2, 0.25) is 0 Å². The van der Waals surface area contributed by atoms with Gasteiger partial charge in [-0.1, -0.05) is 13.3 Å². The fourth-order valence-electron chi connectivity index (χ4n) is 2.83. The molecule has 1 fully saturated rings. The van der Waals surface area contributed by atoms with E-state index < -0.39 is 0 Å². The van der Waals surface area contributed by atoms with Gasteiger partial charge in [0.25, 0.3) is 0 Å². The third-order valence-electron chi connectivity index (χ3n) is 4.00. The van der Waals surface area contributed by atoms with Crippen molar-refractivity contribution in [3.63, 3.8) is 0 Å². The molecule has 1 atom stereocenters. The van der Waals surface area contributed by atoms with Crippen LogP contribution in [0.25, 0.3) is 0 Å². The molecule has 0 aromatic carbocycles. The Morgan fingerprint density at radius 1 is 1.32 bits per heavy atom. The molecule has 1 aromatic heterocycles. The molecule has 4 nitrogen and oxygen atoms in total. The monoisotopic (exact) mass is 264 g/mol. The van der Waals surface area contributed by atoms with Crippen LogP contribution in [0, 0.1) is 0 Å². The minimum absolute atomic E-state index is 0.634. The first-order chi connectivity index (χ1) is 9.31. The largest absolute Gasteiger partial charge is 0.334 e. The van der Waals surface area contributed by atoms with E-state index in [4.69, 9.17) is 0 Å². The summed E-state index contributed by atoms with van der Waals surface area (Å²) >= 11 is 0. The number of aromatic nitrogens is 2. The van der Waals surface area contributed by atoms with Crippen LogP contribution in [0.3, 0.4) is 0 Å². The molecule has 4 heteroatoms. The number of imidazole rings is 1. The number of rotatable bonds is 7. The van der Waals surface area contributed by atoms with Crippen LogP contribution >= 0.6 is 0 Å². The Bertz CT molecular complexity index is 355. The van der Waals surface area contributed by atoms with Crippen molar-refractivity contribution in [1.29, 1.82) is 0 Å². The van der Waals surface area contributed by atoms with Crippen molar-refractivity contribution in [3.8, 4) is 0 Å². The molecule has 0 amide bonds. The van der Waals surface area contributed by atoms with E-state index in [9.17, 15) is 0 Å². The minimum atomic E-state index is 0.634. The molecule has 0 saturated carbocycles. The summed E-state index contributed by atoms with van der Waals surface area (Å²) < 4.78 is 2.25. The molecule has 2 rings (SSSR count). The predicted octanol–water partition coefficient (Wildman–Crippen LogP) is 2.26. The number of hydrogen-bond donors (Lipinski definition) is 1. The SMILES string of the molecule is CCCn1ccnc1CNCC(C)N1CCCCC1. The lowest BCUT2D eigenvalue weighted by atomic mass is 10.1. The second kappa shape index (κ2) is 7.65. The maximum atomic E-state index is 4.43. The molecule has 1 aromatic rings. The maximum Gasteiger partial charge on any atom is 0.122 e. The lowest BCUT2D eigenvalue weighted by Crippen LogP contribution is -2.43. The zero-order valence-electron chi connectivity index (χ0n) is 12.4. The van der Waals surface area contributed by atoms with Gasteiger partial charge in [0.1, 0.15) is 5.82 Å². The summed E-state index contributed by atoms with van der Waals surface area (Å²) in [5.74, 6) is 1.16. The van der Waals surface area contributed by atoms with Crippen molar-refractivity contribution in [2.75, 3.05) is 19.6 Å². The fourth-order valence-corrected chi connectivity index (χ4v) is 2.83. The van der Waals surface area contributed by atoms with Crippen LogP contribution in [-0.2, 0) is 13.1 Å². The smallest absolute Gasteiger partial charge is 0.122 e. The lowest BCUT2D eigenvalue weighted by molar-refractivity contribution is 0.170. The lowest BCUT2D eigenvalue weighted by Gasteiger charge is -2.32. The standard InChI is InChI=1S/C15H28N4/c1-3-8-19-11-7-17-15(19)13-16-12-14(2)18-9-5-4-6-10-18/h7,11,14,16H,3-6,8-10,12-13H2,1-2H3. The third-order valence-corrected chi connectivity index (χ3v) is 4.00. The minimum Gasteiger partial charge on any atom is -0.334 e. The first-order valence-electron chi connectivity index (χ1n) is 7.76. The second-order valence-corrected chi connectivity index (χ2v) is 5.61.